The van der Waals surface area contributed by atoms with E-state index in [1.165, 1.54) is 83.5 Å². The number of carbonyl (C=O) groups is 2. The zero-order valence-corrected chi connectivity index (χ0v) is 39.1. The van der Waals surface area contributed by atoms with Gasteiger partial charge in [0.25, 0.3) is 0 Å². The van der Waals surface area contributed by atoms with Gasteiger partial charge in [0.2, 0.25) is 0 Å². The molecule has 0 aromatic carbocycles. The Morgan fingerprint density at radius 3 is 1.36 bits per heavy atom. The van der Waals surface area contributed by atoms with Gasteiger partial charge in [-0.3, -0.25) is 18.6 Å². The molecule has 0 fully saturated rings. The van der Waals surface area contributed by atoms with Crippen LogP contribution in [0.1, 0.15) is 181 Å². The van der Waals surface area contributed by atoms with Crippen LogP contribution in [-0.4, -0.2) is 60.5 Å². The number of carboxylic acids is 1. The minimum Gasteiger partial charge on any atom is -0.480 e. The molecule has 4 N–H and O–H groups in total. The summed E-state index contributed by atoms with van der Waals surface area (Å²) >= 11 is 0. The Bertz CT molecular complexity index is 1290. The van der Waals surface area contributed by atoms with Crippen molar-refractivity contribution in [1.29, 1.82) is 0 Å². The maximum Gasteiger partial charge on any atom is 0.472 e. The predicted octanol–water partition coefficient (Wildman–Crippen LogP) is 13.5. The van der Waals surface area contributed by atoms with E-state index < -0.39 is 45.1 Å². The van der Waals surface area contributed by atoms with Crippen molar-refractivity contribution in [3.8, 4) is 0 Å². The van der Waals surface area contributed by atoms with Crippen LogP contribution in [-0.2, 0) is 32.7 Å². The highest BCUT2D eigenvalue weighted by molar-refractivity contribution is 7.47. The van der Waals surface area contributed by atoms with Crippen LogP contribution >= 0.6 is 7.82 Å². The van der Waals surface area contributed by atoms with Crippen molar-refractivity contribution in [2.45, 2.75) is 193 Å². The monoisotopic (exact) mass is 876 g/mol. The normalized spacial score (nSPS) is 14.6. The van der Waals surface area contributed by atoms with Crippen LogP contribution in [0.4, 0.5) is 0 Å². The minimum atomic E-state index is -4.64. The number of carbonyl (C=O) groups excluding carboxylic acids is 1. The van der Waals surface area contributed by atoms with E-state index in [0.717, 1.165) is 64.2 Å². The highest BCUT2D eigenvalue weighted by atomic mass is 31.2. The first-order chi connectivity index (χ1) is 29.7. The fourth-order valence-corrected chi connectivity index (χ4v) is 6.84. The summed E-state index contributed by atoms with van der Waals surface area (Å²) in [4.78, 5) is 33.6. The van der Waals surface area contributed by atoms with Crippen molar-refractivity contribution in [3.63, 3.8) is 0 Å². The predicted molar refractivity (Wildman–Crippen MR) is 253 cm³/mol. The molecule has 0 aliphatic carbocycles. The van der Waals surface area contributed by atoms with E-state index in [1.54, 1.807) is 0 Å². The van der Waals surface area contributed by atoms with Gasteiger partial charge in [-0.15, -0.1) is 0 Å². The molecule has 0 saturated heterocycles. The molecule has 0 aliphatic rings. The highest BCUT2D eigenvalue weighted by Gasteiger charge is 2.27. The number of unbranched alkanes of at least 4 members (excludes halogenated alkanes) is 16. The van der Waals surface area contributed by atoms with Gasteiger partial charge >= 0.3 is 19.8 Å². The molecule has 0 spiro atoms. The lowest BCUT2D eigenvalue weighted by atomic mass is 10.0. The van der Waals surface area contributed by atoms with E-state index in [2.05, 4.69) is 92.8 Å². The summed E-state index contributed by atoms with van der Waals surface area (Å²) in [5, 5.41) is 8.91. The largest absolute Gasteiger partial charge is 0.480 e. The second-order valence-corrected chi connectivity index (χ2v) is 17.0. The summed E-state index contributed by atoms with van der Waals surface area (Å²) in [5.74, 6) is -1.84. The standard InChI is InChI=1S/C50H86NO9P/c1-3-5-7-9-11-13-15-17-19-21-22-23-24-25-26-27-28-30-32-34-36-38-40-42-49(52)60-47(45-58-61(55,56)59-46-48(51)50(53)54)44-57-43-41-39-37-35-33-31-29-20-18-16-14-12-10-8-6-4-2/h5,7,11,13,17,19,22-23,25-26,28,30,34,36,47-48H,3-4,6,8-10,12,14-16,18,20-21,24,27,29,31-33,35,37-46,51H2,1-2H3,(H,53,54)(H,55,56)/b7-5-,13-11-,19-17-,23-22-,26-25-,30-28-,36-34-. The first kappa shape index (κ1) is 58.1. The number of esters is 1. The molecule has 0 aromatic heterocycles. The molecule has 0 radical (unpaired) electrons. The third-order valence-corrected chi connectivity index (χ3v) is 10.6. The van der Waals surface area contributed by atoms with Crippen molar-refractivity contribution >= 4 is 19.8 Å². The van der Waals surface area contributed by atoms with Gasteiger partial charge in [0.15, 0.2) is 0 Å². The molecule has 3 atom stereocenters. The third kappa shape index (κ3) is 45.0. The molecule has 0 saturated carbocycles. The first-order valence-corrected chi connectivity index (χ1v) is 25.1. The molecule has 3 unspecified atom stereocenters. The van der Waals surface area contributed by atoms with Crippen molar-refractivity contribution < 1.29 is 42.7 Å². The van der Waals surface area contributed by atoms with E-state index >= 15 is 0 Å². The number of carboxylic acid groups (broad SMARTS) is 1. The number of nitrogens with two attached hydrogens (primary N) is 1. The fraction of sp³-hybridized carbons (Fsp3) is 0.680. The van der Waals surface area contributed by atoms with Crippen LogP contribution in [0.2, 0.25) is 0 Å². The SMILES string of the molecule is CC/C=C\C/C=C\C/C=C\C/C=C\C/C=C\C/C=C\C/C=C\CCCC(=O)OC(COCCCCCCCCCCCCCCCCCC)COP(=O)(O)OCC(N)C(=O)O. The minimum absolute atomic E-state index is 0.00895. The molecule has 0 bridgehead atoms. The van der Waals surface area contributed by atoms with Gasteiger partial charge in [-0.1, -0.05) is 195 Å². The number of ether oxygens (including phenoxy) is 2. The van der Waals surface area contributed by atoms with Crippen LogP contribution in [0.3, 0.4) is 0 Å². The number of rotatable bonds is 44. The fourth-order valence-electron chi connectivity index (χ4n) is 6.06. The third-order valence-electron chi connectivity index (χ3n) is 9.69. The summed E-state index contributed by atoms with van der Waals surface area (Å²) in [5.41, 5.74) is 5.36. The molecule has 11 heteroatoms. The number of allylic oxidation sites excluding steroid dienone is 14. The lowest BCUT2D eigenvalue weighted by Gasteiger charge is -2.20. The molecule has 0 rings (SSSR count). The average molecular weight is 876 g/mol. The maximum absolute atomic E-state index is 12.6. The van der Waals surface area contributed by atoms with Crippen LogP contribution in [0, 0.1) is 0 Å². The van der Waals surface area contributed by atoms with Crippen molar-refractivity contribution in [2.75, 3.05) is 26.4 Å². The van der Waals surface area contributed by atoms with Crippen LogP contribution in [0.25, 0.3) is 0 Å². The molecular formula is C50H86NO9P. The lowest BCUT2D eigenvalue weighted by molar-refractivity contribution is -0.154. The van der Waals surface area contributed by atoms with Gasteiger partial charge in [-0.25, -0.2) is 4.57 Å². The van der Waals surface area contributed by atoms with Crippen molar-refractivity contribution in [3.05, 3.63) is 85.1 Å². The second kappa shape index (κ2) is 45.2. The maximum atomic E-state index is 12.6. The molecule has 0 aliphatic heterocycles. The summed E-state index contributed by atoms with van der Waals surface area (Å²) in [6.07, 6.45) is 57.9. The zero-order chi connectivity index (χ0) is 44.8. The van der Waals surface area contributed by atoms with E-state index in [4.69, 9.17) is 29.4 Å². The van der Waals surface area contributed by atoms with Gasteiger partial charge in [0.1, 0.15) is 12.1 Å². The zero-order valence-electron chi connectivity index (χ0n) is 38.2. The highest BCUT2D eigenvalue weighted by Crippen LogP contribution is 2.43. The van der Waals surface area contributed by atoms with E-state index in [1.807, 2.05) is 6.08 Å². The summed E-state index contributed by atoms with van der Waals surface area (Å²) in [6, 6.07) is -1.49. The Labute approximate surface area is 371 Å². The Balaban J connectivity index is 4.32. The number of phosphoric ester groups is 1. The summed E-state index contributed by atoms with van der Waals surface area (Å²) in [6.45, 7) is 3.70. The van der Waals surface area contributed by atoms with E-state index in [-0.39, 0.29) is 13.0 Å². The van der Waals surface area contributed by atoms with Crippen molar-refractivity contribution in [1.82, 2.24) is 0 Å². The molecule has 10 nitrogen and oxygen atoms in total. The van der Waals surface area contributed by atoms with Gasteiger partial charge in [0, 0.05) is 13.0 Å². The smallest absolute Gasteiger partial charge is 0.472 e. The molecule has 0 amide bonds. The van der Waals surface area contributed by atoms with E-state index in [0.29, 0.717) is 19.4 Å². The summed E-state index contributed by atoms with van der Waals surface area (Å²) < 4.78 is 33.4. The van der Waals surface area contributed by atoms with Crippen LogP contribution in [0.15, 0.2) is 85.1 Å². The quantitative estimate of drug-likeness (QED) is 0.0233. The molecule has 0 heterocycles. The molecule has 0 aromatic rings. The van der Waals surface area contributed by atoms with Gasteiger partial charge in [-0.05, 0) is 64.2 Å². The average Bonchev–Trinajstić information content (AvgIpc) is 3.24. The Kier molecular flexibility index (Phi) is 43.1. The molecule has 61 heavy (non-hydrogen) atoms. The second-order valence-electron chi connectivity index (χ2n) is 15.5. The molecular weight excluding hydrogens is 790 g/mol. The van der Waals surface area contributed by atoms with Gasteiger partial charge < -0.3 is 25.2 Å². The number of aliphatic carboxylic acids is 1. The number of hydrogen-bond donors (Lipinski definition) is 3. The first-order valence-electron chi connectivity index (χ1n) is 23.6. The Hall–Kier alpha value is -2.85. The van der Waals surface area contributed by atoms with E-state index in [9.17, 15) is 19.0 Å². The summed E-state index contributed by atoms with van der Waals surface area (Å²) in [7, 11) is -4.64. The van der Waals surface area contributed by atoms with Gasteiger partial charge in [-0.2, -0.15) is 0 Å². The van der Waals surface area contributed by atoms with Crippen LogP contribution < -0.4 is 5.73 Å². The number of phosphoric acid groups is 1. The van der Waals surface area contributed by atoms with Crippen molar-refractivity contribution in [2.24, 2.45) is 5.73 Å². The van der Waals surface area contributed by atoms with Crippen LogP contribution in [0.5, 0.6) is 0 Å². The topological polar surface area (TPSA) is 155 Å². The lowest BCUT2D eigenvalue weighted by Crippen LogP contribution is -2.34. The number of hydrogen-bond acceptors (Lipinski definition) is 8. The Morgan fingerprint density at radius 1 is 0.541 bits per heavy atom. The van der Waals surface area contributed by atoms with Gasteiger partial charge in [0.05, 0.1) is 19.8 Å². The Morgan fingerprint density at radius 2 is 0.934 bits per heavy atom. The molecule has 350 valence electrons.